The van der Waals surface area contributed by atoms with Crippen molar-refractivity contribution in [2.24, 2.45) is 0 Å². The van der Waals surface area contributed by atoms with Gasteiger partial charge in [0.05, 0.1) is 23.2 Å². The first-order chi connectivity index (χ1) is 13.6. The number of hydrogen-bond donors (Lipinski definition) is 8. The normalized spacial score (nSPS) is 42.9. The van der Waals surface area contributed by atoms with Gasteiger partial charge in [-0.2, -0.15) is 0 Å². The van der Waals surface area contributed by atoms with Gasteiger partial charge in [0.2, 0.25) is 0 Å². The van der Waals surface area contributed by atoms with E-state index in [9.17, 15) is 30.6 Å². The number of hydrogen-bond acceptors (Lipinski definition) is 11. The van der Waals surface area contributed by atoms with E-state index in [1.807, 2.05) is 0 Å². The first-order valence-corrected chi connectivity index (χ1v) is 9.86. The van der Waals surface area contributed by atoms with Crippen LogP contribution in [0.2, 0.25) is 0 Å². The van der Waals surface area contributed by atoms with Gasteiger partial charge in [-0.1, -0.05) is 24.4 Å². The van der Waals surface area contributed by atoms with Crippen LogP contribution in [-0.4, -0.2) is 115 Å². The van der Waals surface area contributed by atoms with Crippen LogP contribution in [0.5, 0.6) is 0 Å². The molecule has 0 spiro atoms. The Morgan fingerprint density at radius 1 is 0.828 bits per heavy atom. The van der Waals surface area contributed by atoms with E-state index in [0.717, 1.165) is 0 Å². The van der Waals surface area contributed by atoms with Gasteiger partial charge >= 0.3 is 0 Å². The summed E-state index contributed by atoms with van der Waals surface area (Å²) in [6.45, 7) is 1.92. The van der Waals surface area contributed by atoms with Crippen LogP contribution in [-0.2, 0) is 14.2 Å². The second kappa shape index (κ2) is 10.6. The van der Waals surface area contributed by atoms with Gasteiger partial charge in [0.1, 0.15) is 48.7 Å². The van der Waals surface area contributed by atoms with E-state index in [-0.39, 0.29) is 4.99 Å². The SMILES string of the molecule is CC(=S)N[C@@H]1[C@@H](O)[C@H](O[C@@H]2O[C@H](CO)[C@@H](O)[C@H](O)[C@H]2NC(C)=S)[C@@H](CO)O[C@H]1O. The Labute approximate surface area is 178 Å². The van der Waals surface area contributed by atoms with Crippen molar-refractivity contribution in [1.82, 2.24) is 10.6 Å². The van der Waals surface area contributed by atoms with Gasteiger partial charge in [0.25, 0.3) is 0 Å². The summed E-state index contributed by atoms with van der Waals surface area (Å²) in [5, 5.41) is 65.9. The van der Waals surface area contributed by atoms with Crippen molar-refractivity contribution in [3.63, 3.8) is 0 Å². The highest BCUT2D eigenvalue weighted by atomic mass is 32.1. The van der Waals surface area contributed by atoms with E-state index in [2.05, 4.69) is 10.6 Å². The summed E-state index contributed by atoms with van der Waals surface area (Å²) in [5.74, 6) is 0. The van der Waals surface area contributed by atoms with Gasteiger partial charge in [-0.3, -0.25) is 0 Å². The van der Waals surface area contributed by atoms with E-state index in [0.29, 0.717) is 4.99 Å². The Bertz CT molecular complexity index is 587. The maximum atomic E-state index is 10.7. The fourth-order valence-corrected chi connectivity index (χ4v) is 3.65. The van der Waals surface area contributed by atoms with Gasteiger partial charge in [-0.05, 0) is 13.8 Å². The van der Waals surface area contributed by atoms with Crippen LogP contribution in [0.25, 0.3) is 0 Å². The summed E-state index contributed by atoms with van der Waals surface area (Å²) in [6, 6.07) is -2.09. The van der Waals surface area contributed by atoms with Crippen molar-refractivity contribution in [2.75, 3.05) is 13.2 Å². The van der Waals surface area contributed by atoms with E-state index in [1.165, 1.54) is 0 Å². The molecule has 11 nitrogen and oxygen atoms in total. The lowest BCUT2D eigenvalue weighted by Gasteiger charge is -2.47. The molecular formula is C16H28N2O9S2. The minimum atomic E-state index is -1.47. The molecule has 2 aliphatic heterocycles. The largest absolute Gasteiger partial charge is 0.394 e. The zero-order valence-electron chi connectivity index (χ0n) is 15.9. The zero-order chi connectivity index (χ0) is 21.9. The molecule has 0 aromatic rings. The third-order valence-electron chi connectivity index (χ3n) is 4.78. The average molecular weight is 457 g/mol. The Morgan fingerprint density at radius 2 is 1.38 bits per heavy atom. The smallest absolute Gasteiger partial charge is 0.181 e. The zero-order valence-corrected chi connectivity index (χ0v) is 17.5. The number of ether oxygens (including phenoxy) is 3. The molecule has 2 heterocycles. The molecule has 0 unspecified atom stereocenters. The fourth-order valence-electron chi connectivity index (χ4n) is 3.38. The lowest BCUT2D eigenvalue weighted by Crippen LogP contribution is -2.69. The van der Waals surface area contributed by atoms with Gasteiger partial charge < -0.3 is 55.5 Å². The third-order valence-corrected chi connectivity index (χ3v) is 5.02. The molecule has 0 aliphatic carbocycles. The standard InChI is InChI=1S/C16H28N2O9S2/c1-5(28)17-9-13(23)14(8(4-20)25-15(9)24)27-16-10(18-6(2)29)12(22)11(21)7(3-19)26-16/h7-16,19-24H,3-4H2,1-2H3,(H,17,28)(H,18,29)/t7-,8-,9-,10-,11-,12-,13-,14-,15-,16+/m1/s1. The predicted molar refractivity (Wildman–Crippen MR) is 107 cm³/mol. The summed E-state index contributed by atoms with van der Waals surface area (Å²) in [4.78, 5) is 0.577. The molecule has 29 heavy (non-hydrogen) atoms. The quantitative estimate of drug-likeness (QED) is 0.185. The number of rotatable bonds is 6. The molecule has 2 fully saturated rings. The topological polar surface area (TPSA) is 173 Å². The monoisotopic (exact) mass is 456 g/mol. The average Bonchev–Trinajstić information content (AvgIpc) is 2.65. The van der Waals surface area contributed by atoms with Crippen LogP contribution in [0.4, 0.5) is 0 Å². The van der Waals surface area contributed by atoms with E-state index >= 15 is 0 Å². The Kier molecular flexibility index (Phi) is 9.05. The lowest BCUT2D eigenvalue weighted by molar-refractivity contribution is -0.326. The second-order valence-corrected chi connectivity index (χ2v) is 8.22. The lowest BCUT2D eigenvalue weighted by atomic mass is 9.94. The molecule has 0 saturated carbocycles. The maximum Gasteiger partial charge on any atom is 0.181 e. The van der Waals surface area contributed by atoms with Gasteiger partial charge in [-0.25, -0.2) is 0 Å². The molecule has 168 valence electrons. The maximum absolute atomic E-state index is 10.7. The Balaban J connectivity index is 2.26. The molecule has 0 amide bonds. The minimum Gasteiger partial charge on any atom is -0.394 e. The molecule has 2 aliphatic rings. The molecule has 0 aromatic heterocycles. The molecule has 2 saturated heterocycles. The van der Waals surface area contributed by atoms with E-state index < -0.39 is 74.5 Å². The molecule has 8 N–H and O–H groups in total. The second-order valence-electron chi connectivity index (χ2n) is 7.00. The van der Waals surface area contributed by atoms with E-state index in [4.69, 9.17) is 38.6 Å². The molecule has 10 atom stereocenters. The van der Waals surface area contributed by atoms with Crippen LogP contribution in [0, 0.1) is 0 Å². The van der Waals surface area contributed by atoms with Gasteiger partial charge in [-0.15, -0.1) is 0 Å². The van der Waals surface area contributed by atoms with Crippen molar-refractivity contribution >= 4 is 34.4 Å². The van der Waals surface area contributed by atoms with Crippen LogP contribution < -0.4 is 10.6 Å². The van der Waals surface area contributed by atoms with Crippen LogP contribution in [0.1, 0.15) is 13.8 Å². The van der Waals surface area contributed by atoms with Crippen molar-refractivity contribution in [3.05, 3.63) is 0 Å². The van der Waals surface area contributed by atoms with Crippen LogP contribution in [0.15, 0.2) is 0 Å². The Hall–Kier alpha value is -0.580. The van der Waals surface area contributed by atoms with E-state index in [1.54, 1.807) is 13.8 Å². The van der Waals surface area contributed by atoms with Gasteiger partial charge in [0.15, 0.2) is 12.6 Å². The first-order valence-electron chi connectivity index (χ1n) is 9.05. The highest BCUT2D eigenvalue weighted by Crippen LogP contribution is 2.28. The molecule has 13 heteroatoms. The summed E-state index contributed by atoms with van der Waals surface area (Å²) in [5.41, 5.74) is 0. The van der Waals surface area contributed by atoms with Crippen LogP contribution in [0.3, 0.4) is 0 Å². The molecule has 0 bridgehead atoms. The number of aliphatic hydroxyl groups excluding tert-OH is 6. The van der Waals surface area contributed by atoms with Crippen molar-refractivity contribution in [3.8, 4) is 0 Å². The van der Waals surface area contributed by atoms with Crippen molar-refractivity contribution in [1.29, 1.82) is 0 Å². The van der Waals surface area contributed by atoms with Crippen molar-refractivity contribution < 1.29 is 44.8 Å². The molecule has 0 aromatic carbocycles. The summed E-state index contributed by atoms with van der Waals surface area (Å²) in [7, 11) is 0. The Morgan fingerprint density at radius 3 is 1.90 bits per heavy atom. The highest BCUT2D eigenvalue weighted by molar-refractivity contribution is 7.80. The number of thiocarbonyl (C=S) groups is 2. The van der Waals surface area contributed by atoms with Crippen molar-refractivity contribution in [2.45, 2.75) is 75.1 Å². The first kappa shape index (κ1) is 24.7. The third kappa shape index (κ3) is 5.77. The summed E-state index contributed by atoms with van der Waals surface area (Å²) >= 11 is 9.95. The number of aliphatic hydroxyl groups is 6. The molecular weight excluding hydrogens is 428 g/mol. The number of nitrogens with one attached hydrogen (secondary N) is 2. The van der Waals surface area contributed by atoms with Gasteiger partial charge in [0, 0.05) is 0 Å². The molecule has 2 rings (SSSR count). The predicted octanol–water partition coefficient (Wildman–Crippen LogP) is -3.51. The summed E-state index contributed by atoms with van der Waals surface area (Å²) in [6.07, 6.45) is -10.5. The summed E-state index contributed by atoms with van der Waals surface area (Å²) < 4.78 is 16.7. The molecule has 0 radical (unpaired) electrons. The van der Waals surface area contributed by atoms with Crippen LogP contribution >= 0.6 is 24.4 Å². The minimum absolute atomic E-state index is 0.284. The highest BCUT2D eigenvalue weighted by Gasteiger charge is 2.50. The fraction of sp³-hybridized carbons (Fsp3) is 0.875.